The quantitative estimate of drug-likeness (QED) is 0.763. The molecule has 3 rings (SSSR count). The Morgan fingerprint density at radius 1 is 0.833 bits per heavy atom. The van der Waals surface area contributed by atoms with Crippen molar-refractivity contribution in [2.75, 3.05) is 0 Å². The standard InChI is InChI=1S/C13H9N3OS/c17-9-5-7-10(8-6-9)18-13-14-11-3-1-2-4-12(11)15-16-13/h1-8,17H. The number of aromatic hydroxyl groups is 1. The van der Waals surface area contributed by atoms with Crippen LogP contribution in [0.15, 0.2) is 58.6 Å². The molecule has 18 heavy (non-hydrogen) atoms. The van der Waals surface area contributed by atoms with Crippen LogP contribution in [-0.2, 0) is 0 Å². The maximum absolute atomic E-state index is 9.21. The summed E-state index contributed by atoms with van der Waals surface area (Å²) in [6.07, 6.45) is 0. The topological polar surface area (TPSA) is 58.9 Å². The Hall–Kier alpha value is -2.14. The molecule has 0 aliphatic rings. The summed E-state index contributed by atoms with van der Waals surface area (Å²) in [5.41, 5.74) is 1.61. The first-order valence-electron chi connectivity index (χ1n) is 5.37. The number of hydrogen-bond donors (Lipinski definition) is 1. The number of nitrogens with zero attached hydrogens (tertiary/aromatic N) is 3. The SMILES string of the molecule is Oc1ccc(Sc2nnc3ccccc3n2)cc1. The molecule has 0 aliphatic carbocycles. The number of para-hydroxylation sites is 1. The van der Waals surface area contributed by atoms with E-state index in [-0.39, 0.29) is 5.75 Å². The fourth-order valence-electron chi connectivity index (χ4n) is 1.53. The van der Waals surface area contributed by atoms with Gasteiger partial charge in [0.15, 0.2) is 0 Å². The summed E-state index contributed by atoms with van der Waals surface area (Å²) in [6, 6.07) is 14.5. The summed E-state index contributed by atoms with van der Waals surface area (Å²) in [5, 5.41) is 18.0. The van der Waals surface area contributed by atoms with Gasteiger partial charge >= 0.3 is 0 Å². The summed E-state index contributed by atoms with van der Waals surface area (Å²) < 4.78 is 0. The Bertz CT molecular complexity index is 685. The number of fused-ring (bicyclic) bond motifs is 1. The zero-order valence-electron chi connectivity index (χ0n) is 9.32. The highest BCUT2D eigenvalue weighted by Gasteiger charge is 2.03. The minimum absolute atomic E-state index is 0.247. The molecule has 0 bridgehead atoms. The van der Waals surface area contributed by atoms with Crippen LogP contribution in [0.4, 0.5) is 0 Å². The second-order valence-electron chi connectivity index (χ2n) is 3.68. The predicted octanol–water partition coefficient (Wildman–Crippen LogP) is 2.88. The largest absolute Gasteiger partial charge is 0.508 e. The van der Waals surface area contributed by atoms with Crippen LogP contribution in [0.25, 0.3) is 11.0 Å². The molecule has 0 unspecified atom stereocenters. The fraction of sp³-hybridized carbons (Fsp3) is 0. The van der Waals surface area contributed by atoms with Crippen molar-refractivity contribution >= 4 is 22.8 Å². The van der Waals surface area contributed by atoms with Crippen LogP contribution < -0.4 is 0 Å². The molecule has 1 heterocycles. The van der Waals surface area contributed by atoms with Gasteiger partial charge in [-0.1, -0.05) is 12.1 Å². The second kappa shape index (κ2) is 4.62. The van der Waals surface area contributed by atoms with Gasteiger partial charge in [0.25, 0.3) is 0 Å². The van der Waals surface area contributed by atoms with Crippen molar-refractivity contribution in [3.63, 3.8) is 0 Å². The molecule has 5 heteroatoms. The van der Waals surface area contributed by atoms with Gasteiger partial charge in [-0.3, -0.25) is 0 Å². The number of phenolic OH excluding ortho intramolecular Hbond substituents is 1. The lowest BCUT2D eigenvalue weighted by molar-refractivity contribution is 0.475. The third-order valence-electron chi connectivity index (χ3n) is 2.39. The Morgan fingerprint density at radius 3 is 2.33 bits per heavy atom. The summed E-state index contributed by atoms with van der Waals surface area (Å²) in [6.45, 7) is 0. The molecule has 1 aromatic heterocycles. The van der Waals surface area contributed by atoms with Gasteiger partial charge < -0.3 is 5.11 Å². The van der Waals surface area contributed by atoms with Crippen molar-refractivity contribution in [1.29, 1.82) is 0 Å². The highest BCUT2D eigenvalue weighted by molar-refractivity contribution is 7.99. The van der Waals surface area contributed by atoms with Crippen molar-refractivity contribution in [2.45, 2.75) is 10.1 Å². The van der Waals surface area contributed by atoms with Crippen LogP contribution in [0, 0.1) is 0 Å². The van der Waals surface area contributed by atoms with Crippen LogP contribution in [0.1, 0.15) is 0 Å². The van der Waals surface area contributed by atoms with E-state index in [0.29, 0.717) is 5.16 Å². The van der Waals surface area contributed by atoms with E-state index in [1.165, 1.54) is 11.8 Å². The lowest BCUT2D eigenvalue weighted by Gasteiger charge is -2.01. The normalized spacial score (nSPS) is 10.7. The fourth-order valence-corrected chi connectivity index (χ4v) is 2.24. The molecule has 0 amide bonds. The van der Waals surface area contributed by atoms with E-state index in [0.717, 1.165) is 15.9 Å². The maximum Gasteiger partial charge on any atom is 0.214 e. The van der Waals surface area contributed by atoms with Crippen molar-refractivity contribution in [1.82, 2.24) is 15.2 Å². The summed E-state index contributed by atoms with van der Waals surface area (Å²) in [4.78, 5) is 5.38. The maximum atomic E-state index is 9.21. The molecular formula is C13H9N3OS. The van der Waals surface area contributed by atoms with E-state index >= 15 is 0 Å². The summed E-state index contributed by atoms with van der Waals surface area (Å²) in [5.74, 6) is 0.247. The molecule has 0 saturated heterocycles. The minimum atomic E-state index is 0.247. The zero-order valence-corrected chi connectivity index (χ0v) is 10.1. The van der Waals surface area contributed by atoms with Crippen molar-refractivity contribution in [2.24, 2.45) is 0 Å². The third-order valence-corrected chi connectivity index (χ3v) is 3.25. The second-order valence-corrected chi connectivity index (χ2v) is 4.72. The van der Waals surface area contributed by atoms with Crippen molar-refractivity contribution in [3.05, 3.63) is 48.5 Å². The first kappa shape index (κ1) is 11.0. The lowest BCUT2D eigenvalue weighted by Crippen LogP contribution is -1.91. The van der Waals surface area contributed by atoms with Gasteiger partial charge in [-0.25, -0.2) is 4.98 Å². The zero-order chi connectivity index (χ0) is 12.4. The Labute approximate surface area is 108 Å². The molecule has 0 spiro atoms. The minimum Gasteiger partial charge on any atom is -0.508 e. The van der Waals surface area contributed by atoms with Crippen LogP contribution in [0.2, 0.25) is 0 Å². The van der Waals surface area contributed by atoms with E-state index in [9.17, 15) is 5.11 Å². The highest BCUT2D eigenvalue weighted by Crippen LogP contribution is 2.26. The number of phenols is 1. The number of benzene rings is 2. The Kier molecular flexibility index (Phi) is 2.82. The van der Waals surface area contributed by atoms with Crippen LogP contribution >= 0.6 is 11.8 Å². The molecule has 0 fully saturated rings. The van der Waals surface area contributed by atoms with Crippen molar-refractivity contribution in [3.8, 4) is 5.75 Å². The van der Waals surface area contributed by atoms with E-state index < -0.39 is 0 Å². The molecule has 0 aliphatic heterocycles. The average molecular weight is 255 g/mol. The van der Waals surface area contributed by atoms with Gasteiger partial charge in [0.05, 0.1) is 5.52 Å². The third kappa shape index (κ3) is 2.26. The monoisotopic (exact) mass is 255 g/mol. The highest BCUT2D eigenvalue weighted by atomic mass is 32.2. The van der Waals surface area contributed by atoms with E-state index in [4.69, 9.17) is 0 Å². The lowest BCUT2D eigenvalue weighted by atomic mass is 10.3. The van der Waals surface area contributed by atoms with Gasteiger partial charge in [-0.05, 0) is 48.2 Å². The van der Waals surface area contributed by atoms with Gasteiger partial charge in [0, 0.05) is 4.90 Å². The molecule has 0 saturated carbocycles. The molecule has 1 N–H and O–H groups in total. The first-order valence-corrected chi connectivity index (χ1v) is 6.19. The molecule has 3 aromatic rings. The van der Waals surface area contributed by atoms with Gasteiger partial charge in [0.2, 0.25) is 5.16 Å². The van der Waals surface area contributed by atoms with Crippen molar-refractivity contribution < 1.29 is 5.11 Å². The average Bonchev–Trinajstić information content (AvgIpc) is 2.41. The smallest absolute Gasteiger partial charge is 0.214 e. The molecule has 0 radical (unpaired) electrons. The Balaban J connectivity index is 1.92. The number of rotatable bonds is 2. The summed E-state index contributed by atoms with van der Waals surface area (Å²) in [7, 11) is 0. The van der Waals surface area contributed by atoms with E-state index in [1.54, 1.807) is 12.1 Å². The first-order chi connectivity index (χ1) is 8.81. The predicted molar refractivity (Wildman–Crippen MR) is 69.6 cm³/mol. The molecule has 0 atom stereocenters. The Morgan fingerprint density at radius 2 is 1.56 bits per heavy atom. The van der Waals surface area contributed by atoms with Crippen LogP contribution in [-0.4, -0.2) is 20.3 Å². The molecule has 2 aromatic carbocycles. The molecular weight excluding hydrogens is 246 g/mol. The number of aromatic nitrogens is 3. The number of hydrogen-bond acceptors (Lipinski definition) is 5. The van der Waals surface area contributed by atoms with Gasteiger partial charge in [-0.15, -0.1) is 10.2 Å². The van der Waals surface area contributed by atoms with Crippen LogP contribution in [0.3, 0.4) is 0 Å². The van der Waals surface area contributed by atoms with E-state index in [1.807, 2.05) is 36.4 Å². The van der Waals surface area contributed by atoms with Gasteiger partial charge in [-0.2, -0.15) is 0 Å². The van der Waals surface area contributed by atoms with Crippen LogP contribution in [0.5, 0.6) is 5.75 Å². The molecule has 4 nitrogen and oxygen atoms in total. The summed E-state index contributed by atoms with van der Waals surface area (Å²) >= 11 is 1.42. The van der Waals surface area contributed by atoms with E-state index in [2.05, 4.69) is 15.2 Å². The van der Waals surface area contributed by atoms with Gasteiger partial charge in [0.1, 0.15) is 11.3 Å². The molecule has 88 valence electrons.